The molecule has 0 aliphatic heterocycles. The molecule has 2 rings (SSSR count). The van der Waals surface area contributed by atoms with Crippen LogP contribution in [-0.2, 0) is 16.1 Å². The molecule has 0 fully saturated rings. The first kappa shape index (κ1) is 20.9. The zero-order chi connectivity index (χ0) is 20.7. The molecule has 0 unspecified atom stereocenters. The Bertz CT molecular complexity index is 853. The Balaban J connectivity index is 2.05. The number of nitrogens with zero attached hydrogens (tertiary/aromatic N) is 2. The summed E-state index contributed by atoms with van der Waals surface area (Å²) in [4.78, 5) is 36.8. The van der Waals surface area contributed by atoms with Crippen LogP contribution in [-0.4, -0.2) is 41.5 Å². The Kier molecular flexibility index (Phi) is 7.08. The van der Waals surface area contributed by atoms with Gasteiger partial charge in [-0.05, 0) is 31.5 Å². The fraction of sp³-hybridized carbons (Fsp3) is 0.300. The Morgan fingerprint density at radius 3 is 2.46 bits per heavy atom. The van der Waals surface area contributed by atoms with Crippen LogP contribution in [0.25, 0.3) is 0 Å². The maximum Gasteiger partial charge on any atom is 0.339 e. The van der Waals surface area contributed by atoms with Gasteiger partial charge in [-0.3, -0.25) is 14.9 Å². The van der Waals surface area contributed by atoms with Crippen molar-refractivity contribution in [3.8, 4) is 5.75 Å². The number of hydrogen-bond acceptors (Lipinski definition) is 6. The largest absolute Gasteiger partial charge is 0.487 e. The van der Waals surface area contributed by atoms with Gasteiger partial charge in [0.05, 0.1) is 17.1 Å². The topological polar surface area (TPSA) is 99.0 Å². The number of nitro groups is 1. The molecule has 0 aliphatic carbocycles. The van der Waals surface area contributed by atoms with Crippen molar-refractivity contribution < 1.29 is 24.0 Å². The molecule has 1 atom stereocenters. The van der Waals surface area contributed by atoms with Crippen LogP contribution >= 0.6 is 0 Å². The number of esters is 1. The summed E-state index contributed by atoms with van der Waals surface area (Å²) in [5.74, 6) is -1.13. The SMILES string of the molecule is CCOc1ccc(C(=O)O[C@@H](C)C(=O)N(C)Cc2ccccc2)cc1[N+](=O)[O-]. The lowest BCUT2D eigenvalue weighted by Gasteiger charge is -2.21. The van der Waals surface area contributed by atoms with Crippen LogP contribution in [0.2, 0.25) is 0 Å². The second-order valence-electron chi connectivity index (χ2n) is 6.10. The van der Waals surface area contributed by atoms with E-state index in [0.29, 0.717) is 6.54 Å². The molecule has 148 valence electrons. The smallest absolute Gasteiger partial charge is 0.339 e. The molecule has 1 amide bonds. The minimum absolute atomic E-state index is 0.0273. The van der Waals surface area contributed by atoms with Crippen molar-refractivity contribution in [3.63, 3.8) is 0 Å². The Morgan fingerprint density at radius 1 is 1.18 bits per heavy atom. The minimum atomic E-state index is -1.04. The summed E-state index contributed by atoms with van der Waals surface area (Å²) in [6, 6.07) is 13.2. The number of rotatable bonds is 8. The van der Waals surface area contributed by atoms with Gasteiger partial charge in [-0.25, -0.2) is 4.79 Å². The molecule has 8 heteroatoms. The first-order chi connectivity index (χ1) is 13.3. The van der Waals surface area contributed by atoms with Crippen molar-refractivity contribution in [1.82, 2.24) is 4.90 Å². The second-order valence-corrected chi connectivity index (χ2v) is 6.10. The van der Waals surface area contributed by atoms with Gasteiger partial charge in [-0.1, -0.05) is 30.3 Å². The van der Waals surface area contributed by atoms with E-state index in [1.165, 1.54) is 24.0 Å². The summed E-state index contributed by atoms with van der Waals surface area (Å²) in [5.41, 5.74) is 0.580. The summed E-state index contributed by atoms with van der Waals surface area (Å²) < 4.78 is 10.4. The Morgan fingerprint density at radius 2 is 1.86 bits per heavy atom. The second kappa shape index (κ2) is 9.50. The van der Waals surface area contributed by atoms with E-state index in [0.717, 1.165) is 11.6 Å². The lowest BCUT2D eigenvalue weighted by molar-refractivity contribution is -0.385. The lowest BCUT2D eigenvalue weighted by atomic mass is 10.2. The molecule has 0 aromatic heterocycles. The highest BCUT2D eigenvalue weighted by Crippen LogP contribution is 2.28. The first-order valence-electron chi connectivity index (χ1n) is 8.74. The van der Waals surface area contributed by atoms with E-state index in [1.807, 2.05) is 30.3 Å². The van der Waals surface area contributed by atoms with Crippen LogP contribution in [0.4, 0.5) is 5.69 Å². The minimum Gasteiger partial charge on any atom is -0.487 e. The molecule has 0 aliphatic rings. The molecule has 2 aromatic carbocycles. The number of likely N-dealkylation sites (N-methyl/N-ethyl adjacent to an activating group) is 1. The van der Waals surface area contributed by atoms with Crippen LogP contribution in [0.1, 0.15) is 29.8 Å². The fourth-order valence-electron chi connectivity index (χ4n) is 2.59. The first-order valence-corrected chi connectivity index (χ1v) is 8.74. The van der Waals surface area contributed by atoms with Crippen molar-refractivity contribution in [2.24, 2.45) is 0 Å². The number of benzene rings is 2. The number of nitro benzene ring substituents is 1. The van der Waals surface area contributed by atoms with Gasteiger partial charge in [-0.2, -0.15) is 0 Å². The van der Waals surface area contributed by atoms with Gasteiger partial charge >= 0.3 is 11.7 Å². The van der Waals surface area contributed by atoms with E-state index in [2.05, 4.69) is 0 Å². The number of ether oxygens (including phenoxy) is 2. The van der Waals surface area contributed by atoms with Gasteiger partial charge in [0.15, 0.2) is 11.9 Å². The zero-order valence-electron chi connectivity index (χ0n) is 16.0. The molecular weight excluding hydrogens is 364 g/mol. The molecule has 2 aromatic rings. The predicted molar refractivity (Wildman–Crippen MR) is 102 cm³/mol. The van der Waals surface area contributed by atoms with E-state index in [9.17, 15) is 19.7 Å². The number of carbonyl (C=O) groups is 2. The summed E-state index contributed by atoms with van der Waals surface area (Å²) in [5, 5.41) is 11.2. The molecule has 0 saturated carbocycles. The van der Waals surface area contributed by atoms with E-state index in [1.54, 1.807) is 14.0 Å². The van der Waals surface area contributed by atoms with Crippen LogP contribution in [0, 0.1) is 10.1 Å². The number of amides is 1. The van der Waals surface area contributed by atoms with Crippen molar-refractivity contribution in [2.45, 2.75) is 26.5 Å². The molecule has 28 heavy (non-hydrogen) atoms. The van der Waals surface area contributed by atoms with Gasteiger partial charge in [0.1, 0.15) is 0 Å². The molecule has 0 heterocycles. The highest BCUT2D eigenvalue weighted by molar-refractivity contribution is 5.93. The lowest BCUT2D eigenvalue weighted by Crippen LogP contribution is -2.37. The van der Waals surface area contributed by atoms with Crippen LogP contribution in [0.15, 0.2) is 48.5 Å². The molecule has 0 radical (unpaired) electrons. The fourth-order valence-corrected chi connectivity index (χ4v) is 2.59. The maximum atomic E-state index is 12.4. The van der Waals surface area contributed by atoms with Gasteiger partial charge < -0.3 is 14.4 Å². The summed E-state index contributed by atoms with van der Waals surface area (Å²) in [7, 11) is 1.61. The molecule has 0 N–H and O–H groups in total. The summed E-state index contributed by atoms with van der Waals surface area (Å²) >= 11 is 0. The average molecular weight is 386 g/mol. The number of hydrogen-bond donors (Lipinski definition) is 0. The molecule has 8 nitrogen and oxygen atoms in total. The standard InChI is InChI=1S/C20H22N2O6/c1-4-27-18-11-10-16(12-17(18)22(25)26)20(24)28-14(2)19(23)21(3)13-15-8-6-5-7-9-15/h5-12,14H,4,13H2,1-3H3/t14-/m0/s1. The van der Waals surface area contributed by atoms with Crippen molar-refractivity contribution in [1.29, 1.82) is 0 Å². The van der Waals surface area contributed by atoms with Gasteiger partial charge in [0.25, 0.3) is 5.91 Å². The highest BCUT2D eigenvalue weighted by Gasteiger charge is 2.24. The molecule has 0 spiro atoms. The van der Waals surface area contributed by atoms with Gasteiger partial charge in [-0.15, -0.1) is 0 Å². The maximum absolute atomic E-state index is 12.4. The van der Waals surface area contributed by atoms with E-state index in [4.69, 9.17) is 9.47 Å². The average Bonchev–Trinajstić information content (AvgIpc) is 2.68. The van der Waals surface area contributed by atoms with E-state index < -0.39 is 17.0 Å². The Hall–Kier alpha value is -3.42. The third-order valence-electron chi connectivity index (χ3n) is 3.96. The van der Waals surface area contributed by atoms with Crippen LogP contribution in [0.3, 0.4) is 0 Å². The molecule has 0 saturated heterocycles. The zero-order valence-corrected chi connectivity index (χ0v) is 16.0. The molecular formula is C20H22N2O6. The normalized spacial score (nSPS) is 11.4. The van der Waals surface area contributed by atoms with Gasteiger partial charge in [0.2, 0.25) is 0 Å². The van der Waals surface area contributed by atoms with E-state index in [-0.39, 0.29) is 29.5 Å². The van der Waals surface area contributed by atoms with Crippen LogP contribution < -0.4 is 4.74 Å². The van der Waals surface area contributed by atoms with Crippen molar-refractivity contribution in [3.05, 3.63) is 69.8 Å². The summed E-state index contributed by atoms with van der Waals surface area (Å²) in [6.07, 6.45) is -1.04. The monoisotopic (exact) mass is 386 g/mol. The summed E-state index contributed by atoms with van der Waals surface area (Å²) in [6.45, 7) is 3.79. The van der Waals surface area contributed by atoms with Crippen LogP contribution in [0.5, 0.6) is 5.75 Å². The third kappa shape index (κ3) is 5.29. The van der Waals surface area contributed by atoms with E-state index >= 15 is 0 Å². The highest BCUT2D eigenvalue weighted by atomic mass is 16.6. The van der Waals surface area contributed by atoms with Gasteiger partial charge in [0, 0.05) is 19.7 Å². The Labute approximate surface area is 162 Å². The third-order valence-corrected chi connectivity index (χ3v) is 3.96. The van der Waals surface area contributed by atoms with Crippen molar-refractivity contribution >= 4 is 17.6 Å². The molecule has 0 bridgehead atoms. The number of carbonyl (C=O) groups excluding carboxylic acids is 2. The quantitative estimate of drug-likeness (QED) is 0.392. The van der Waals surface area contributed by atoms with Crippen molar-refractivity contribution in [2.75, 3.05) is 13.7 Å². The predicted octanol–water partition coefficient (Wildman–Crippen LogP) is 3.20.